The SMILES string of the molecule is CC(C)(C)c1cc([C@@H]2NC(=O)OCC2(F)F)cc(C(C)(C)C)c1O. The van der Waals surface area contributed by atoms with Crippen LogP contribution in [0.4, 0.5) is 13.6 Å². The van der Waals surface area contributed by atoms with Gasteiger partial charge in [-0.1, -0.05) is 41.5 Å². The maximum Gasteiger partial charge on any atom is 0.408 e. The van der Waals surface area contributed by atoms with E-state index in [4.69, 9.17) is 0 Å². The molecule has 0 bridgehead atoms. The van der Waals surface area contributed by atoms with Crippen LogP contribution >= 0.6 is 0 Å². The fourth-order valence-electron chi connectivity index (χ4n) is 2.80. The van der Waals surface area contributed by atoms with Crippen LogP contribution in [0.1, 0.15) is 64.3 Å². The Kier molecular flexibility index (Phi) is 4.32. The zero-order valence-electron chi connectivity index (χ0n) is 15.0. The number of nitrogens with one attached hydrogen (secondary N) is 1. The Bertz CT molecular complexity index is 622. The zero-order valence-corrected chi connectivity index (χ0v) is 15.0. The number of alkyl halides is 2. The molecule has 2 rings (SSSR count). The summed E-state index contributed by atoms with van der Waals surface area (Å²) < 4.78 is 33.0. The Balaban J connectivity index is 2.68. The van der Waals surface area contributed by atoms with Crippen LogP contribution in [0.25, 0.3) is 0 Å². The van der Waals surface area contributed by atoms with Crippen LogP contribution in [0, 0.1) is 0 Å². The second-order valence-electron chi connectivity index (χ2n) is 8.38. The van der Waals surface area contributed by atoms with Gasteiger partial charge in [-0.05, 0) is 39.7 Å². The van der Waals surface area contributed by atoms with Gasteiger partial charge in [0.05, 0.1) is 0 Å². The third-order valence-electron chi connectivity index (χ3n) is 4.16. The molecule has 0 aliphatic carbocycles. The van der Waals surface area contributed by atoms with Crippen molar-refractivity contribution in [1.82, 2.24) is 5.32 Å². The number of halogens is 2. The predicted molar refractivity (Wildman–Crippen MR) is 87.7 cm³/mol. The number of hydrogen-bond donors (Lipinski definition) is 2. The van der Waals surface area contributed by atoms with E-state index in [0.717, 1.165) is 0 Å². The van der Waals surface area contributed by atoms with Crippen molar-refractivity contribution in [3.63, 3.8) is 0 Å². The molecule has 4 nitrogen and oxygen atoms in total. The number of hydrogen-bond acceptors (Lipinski definition) is 3. The van der Waals surface area contributed by atoms with Gasteiger partial charge < -0.3 is 15.2 Å². The number of aromatic hydroxyl groups is 1. The molecule has 0 radical (unpaired) electrons. The molecule has 1 aliphatic rings. The highest BCUT2D eigenvalue weighted by Gasteiger charge is 2.47. The summed E-state index contributed by atoms with van der Waals surface area (Å²) >= 11 is 0. The van der Waals surface area contributed by atoms with Gasteiger partial charge in [-0.2, -0.15) is 0 Å². The van der Waals surface area contributed by atoms with Gasteiger partial charge in [-0.25, -0.2) is 13.6 Å². The van der Waals surface area contributed by atoms with Crippen LogP contribution in [-0.2, 0) is 15.6 Å². The number of carbonyl (C=O) groups is 1. The number of amides is 1. The van der Waals surface area contributed by atoms with Crippen molar-refractivity contribution in [2.75, 3.05) is 6.61 Å². The Morgan fingerprint density at radius 1 is 1.12 bits per heavy atom. The van der Waals surface area contributed by atoms with E-state index in [0.29, 0.717) is 11.1 Å². The van der Waals surface area contributed by atoms with Gasteiger partial charge in [0.1, 0.15) is 11.8 Å². The topological polar surface area (TPSA) is 58.6 Å². The monoisotopic (exact) mass is 341 g/mol. The molecule has 1 aliphatic heterocycles. The summed E-state index contributed by atoms with van der Waals surface area (Å²) in [7, 11) is 0. The standard InChI is InChI=1S/C18H25F2NO3/c1-16(2,3)11-7-10(8-12(13(11)22)17(4,5)6)14-18(19,20)9-24-15(23)21-14/h7-8,14,22H,9H2,1-6H3,(H,21,23)/t14-/m0/s1. The number of phenolic OH excluding ortho intramolecular Hbond substituents is 1. The van der Waals surface area contributed by atoms with Gasteiger partial charge in [-0.3, -0.25) is 0 Å². The third-order valence-corrected chi connectivity index (χ3v) is 4.16. The average Bonchev–Trinajstić information content (AvgIpc) is 2.39. The van der Waals surface area contributed by atoms with Gasteiger partial charge >= 0.3 is 12.0 Å². The minimum Gasteiger partial charge on any atom is -0.507 e. The first-order chi connectivity index (χ1) is 10.7. The summed E-state index contributed by atoms with van der Waals surface area (Å²) in [5, 5.41) is 12.9. The van der Waals surface area contributed by atoms with Crippen LogP contribution in [-0.4, -0.2) is 23.7 Å². The van der Waals surface area contributed by atoms with Crippen LogP contribution in [0.2, 0.25) is 0 Å². The second kappa shape index (κ2) is 5.60. The highest BCUT2D eigenvalue weighted by Crippen LogP contribution is 2.43. The molecule has 1 amide bonds. The molecule has 6 heteroatoms. The molecule has 1 atom stereocenters. The molecular weight excluding hydrogens is 316 g/mol. The van der Waals surface area contributed by atoms with E-state index in [-0.39, 0.29) is 11.3 Å². The van der Waals surface area contributed by atoms with Crippen LogP contribution < -0.4 is 5.32 Å². The second-order valence-corrected chi connectivity index (χ2v) is 8.38. The molecule has 2 N–H and O–H groups in total. The van der Waals surface area contributed by atoms with Gasteiger partial charge in [0, 0.05) is 0 Å². The van der Waals surface area contributed by atoms with Gasteiger partial charge in [0.25, 0.3) is 0 Å². The molecule has 1 heterocycles. The first-order valence-electron chi connectivity index (χ1n) is 7.92. The van der Waals surface area contributed by atoms with Gasteiger partial charge in [0.2, 0.25) is 0 Å². The van der Waals surface area contributed by atoms with E-state index >= 15 is 0 Å². The molecule has 1 aromatic rings. The predicted octanol–water partition coefficient (Wildman–Crippen LogP) is 4.40. The Hall–Kier alpha value is -1.85. The van der Waals surface area contributed by atoms with Gasteiger partial charge in [0.15, 0.2) is 6.61 Å². The zero-order chi connectivity index (χ0) is 18.5. The lowest BCUT2D eigenvalue weighted by Gasteiger charge is -2.34. The molecular formula is C18H25F2NO3. The number of cyclic esters (lactones) is 1. The Morgan fingerprint density at radius 3 is 2.00 bits per heavy atom. The molecule has 0 spiro atoms. The van der Waals surface area contributed by atoms with Crippen molar-refractivity contribution in [2.24, 2.45) is 0 Å². The smallest absolute Gasteiger partial charge is 0.408 e. The fraction of sp³-hybridized carbons (Fsp3) is 0.611. The van der Waals surface area contributed by atoms with Crippen LogP contribution in [0.5, 0.6) is 5.75 Å². The van der Waals surface area contributed by atoms with Crippen molar-refractivity contribution in [3.05, 3.63) is 28.8 Å². The number of carbonyl (C=O) groups excluding carboxylic acids is 1. The van der Waals surface area contributed by atoms with E-state index in [2.05, 4.69) is 10.1 Å². The number of alkyl carbamates (subject to hydrolysis) is 1. The molecule has 24 heavy (non-hydrogen) atoms. The lowest BCUT2D eigenvalue weighted by Crippen LogP contribution is -2.49. The molecule has 1 fully saturated rings. The summed E-state index contributed by atoms with van der Waals surface area (Å²) in [5.74, 6) is -3.12. The molecule has 0 aromatic heterocycles. The van der Waals surface area contributed by atoms with E-state index < -0.39 is 35.5 Å². The van der Waals surface area contributed by atoms with Crippen molar-refractivity contribution in [2.45, 2.75) is 64.3 Å². The van der Waals surface area contributed by atoms with Gasteiger partial charge in [-0.15, -0.1) is 0 Å². The lowest BCUT2D eigenvalue weighted by molar-refractivity contribution is -0.104. The summed E-state index contributed by atoms with van der Waals surface area (Å²) in [5.41, 5.74) is 0.530. The Morgan fingerprint density at radius 2 is 1.58 bits per heavy atom. The highest BCUT2D eigenvalue weighted by molar-refractivity contribution is 5.69. The fourth-order valence-corrected chi connectivity index (χ4v) is 2.80. The molecule has 0 unspecified atom stereocenters. The molecule has 1 aromatic carbocycles. The summed E-state index contributed by atoms with van der Waals surface area (Å²) in [6.07, 6.45) is -0.867. The van der Waals surface area contributed by atoms with Crippen LogP contribution in [0.3, 0.4) is 0 Å². The minimum absolute atomic E-state index is 0.112. The summed E-state index contributed by atoms with van der Waals surface area (Å²) in [6, 6.07) is 1.62. The maximum atomic E-state index is 14.3. The van der Waals surface area contributed by atoms with Crippen molar-refractivity contribution >= 4 is 6.09 Å². The van der Waals surface area contributed by atoms with Crippen molar-refractivity contribution in [3.8, 4) is 5.75 Å². The maximum absolute atomic E-state index is 14.3. The minimum atomic E-state index is -3.23. The largest absolute Gasteiger partial charge is 0.507 e. The average molecular weight is 341 g/mol. The first-order valence-corrected chi connectivity index (χ1v) is 7.92. The molecule has 0 saturated carbocycles. The molecule has 1 saturated heterocycles. The normalized spacial score (nSPS) is 21.2. The summed E-state index contributed by atoms with van der Waals surface area (Å²) in [6.45, 7) is 10.5. The quantitative estimate of drug-likeness (QED) is 0.796. The number of benzene rings is 1. The first kappa shape index (κ1) is 18.5. The van der Waals surface area contributed by atoms with E-state index in [1.165, 1.54) is 0 Å². The van der Waals surface area contributed by atoms with E-state index in [1.54, 1.807) is 12.1 Å². The third kappa shape index (κ3) is 3.47. The van der Waals surface area contributed by atoms with Crippen molar-refractivity contribution < 1.29 is 23.4 Å². The lowest BCUT2D eigenvalue weighted by atomic mass is 9.77. The van der Waals surface area contributed by atoms with Crippen molar-refractivity contribution in [1.29, 1.82) is 0 Å². The van der Waals surface area contributed by atoms with E-state index in [9.17, 15) is 18.7 Å². The number of ether oxygens (including phenoxy) is 1. The number of phenols is 1. The molecule has 134 valence electrons. The summed E-state index contributed by atoms with van der Waals surface area (Å²) in [4.78, 5) is 11.4. The van der Waals surface area contributed by atoms with E-state index in [1.807, 2.05) is 41.5 Å². The highest BCUT2D eigenvalue weighted by atomic mass is 19.3. The Labute approximate surface area is 141 Å². The van der Waals surface area contributed by atoms with Crippen LogP contribution in [0.15, 0.2) is 12.1 Å². The number of rotatable bonds is 1.